The number of hydrogen-bond donors (Lipinski definition) is 1. The Morgan fingerprint density at radius 3 is 1.07 bits per heavy atom. The fraction of sp³-hybridized carbons (Fsp3) is 1.00. The van der Waals surface area contributed by atoms with E-state index in [1.165, 1.54) is 32.7 Å². The standard InChI is InChI=1S/C21H58N4Si5/c1-26(2,3)22-16-17-23(27(4,5)6)18-19-24(28(7,8)9)20-21-25(29(10,11)12)30(13,14)15/h22H,16-21H2,1-15H3. The summed E-state index contributed by atoms with van der Waals surface area (Å²) in [6.45, 7) is 44.9. The van der Waals surface area contributed by atoms with Gasteiger partial charge in [-0.3, -0.25) is 0 Å². The molecule has 0 aromatic carbocycles. The van der Waals surface area contributed by atoms with Crippen molar-refractivity contribution in [1.82, 2.24) is 18.3 Å². The van der Waals surface area contributed by atoms with E-state index < -0.39 is 41.2 Å². The van der Waals surface area contributed by atoms with Crippen molar-refractivity contribution in [3.8, 4) is 0 Å². The number of nitrogens with zero attached hydrogens (tertiary/aromatic N) is 3. The van der Waals surface area contributed by atoms with Crippen molar-refractivity contribution in [2.45, 2.75) is 98.2 Å². The van der Waals surface area contributed by atoms with Gasteiger partial charge in [-0.1, -0.05) is 98.2 Å². The molecule has 0 aromatic heterocycles. The lowest BCUT2D eigenvalue weighted by atomic mass is 10.5. The quantitative estimate of drug-likeness (QED) is 0.307. The third-order valence-electron chi connectivity index (χ3n) is 5.79. The zero-order chi connectivity index (χ0) is 24.2. The zero-order valence-electron chi connectivity index (χ0n) is 23.6. The van der Waals surface area contributed by atoms with Gasteiger partial charge in [-0.2, -0.15) is 0 Å². The molecule has 0 heterocycles. The molecule has 0 radical (unpaired) electrons. The minimum Gasteiger partial charge on any atom is -0.345 e. The van der Waals surface area contributed by atoms with Gasteiger partial charge in [0, 0.05) is 32.7 Å². The second kappa shape index (κ2) is 11.4. The molecule has 0 fully saturated rings. The molecule has 0 saturated carbocycles. The minimum absolute atomic E-state index is 1.14. The SMILES string of the molecule is C[Si](C)(C)NCCN(CCN(CCN([Si](C)(C)C)[Si](C)(C)C)[Si](C)(C)C)[Si](C)(C)C. The van der Waals surface area contributed by atoms with E-state index in [-0.39, 0.29) is 0 Å². The van der Waals surface area contributed by atoms with Crippen LogP contribution in [0.25, 0.3) is 0 Å². The van der Waals surface area contributed by atoms with Crippen molar-refractivity contribution in [3.05, 3.63) is 0 Å². The van der Waals surface area contributed by atoms with E-state index in [4.69, 9.17) is 0 Å². The molecule has 0 atom stereocenters. The van der Waals surface area contributed by atoms with Crippen LogP contribution in [0.2, 0.25) is 98.2 Å². The topological polar surface area (TPSA) is 21.8 Å². The van der Waals surface area contributed by atoms with Crippen LogP contribution in [0.15, 0.2) is 0 Å². The van der Waals surface area contributed by atoms with Gasteiger partial charge in [0.25, 0.3) is 0 Å². The molecule has 0 aliphatic rings. The first kappa shape index (κ1) is 30.9. The summed E-state index contributed by atoms with van der Waals surface area (Å²) in [5, 5.41) is 0. The van der Waals surface area contributed by atoms with Gasteiger partial charge < -0.3 is 18.3 Å². The van der Waals surface area contributed by atoms with Crippen molar-refractivity contribution < 1.29 is 0 Å². The summed E-state index contributed by atoms with van der Waals surface area (Å²) in [5.41, 5.74) is 0. The highest BCUT2D eigenvalue weighted by molar-refractivity contribution is 6.89. The van der Waals surface area contributed by atoms with Crippen LogP contribution in [0, 0.1) is 0 Å². The molecule has 0 rings (SSSR count). The maximum atomic E-state index is 3.83. The maximum Gasteiger partial charge on any atom is 0.119 e. The average molecular weight is 507 g/mol. The lowest BCUT2D eigenvalue weighted by molar-refractivity contribution is 0.335. The second-order valence-electron chi connectivity index (χ2n) is 14.0. The van der Waals surface area contributed by atoms with E-state index in [1.807, 2.05) is 0 Å². The maximum absolute atomic E-state index is 3.83. The van der Waals surface area contributed by atoms with E-state index in [0.717, 1.165) is 6.54 Å². The Kier molecular flexibility index (Phi) is 11.7. The van der Waals surface area contributed by atoms with Crippen molar-refractivity contribution in [2.75, 3.05) is 39.3 Å². The zero-order valence-corrected chi connectivity index (χ0v) is 28.6. The van der Waals surface area contributed by atoms with E-state index in [2.05, 4.69) is 117 Å². The van der Waals surface area contributed by atoms with Crippen molar-refractivity contribution in [1.29, 1.82) is 0 Å². The molecule has 30 heavy (non-hydrogen) atoms. The highest BCUT2D eigenvalue weighted by Crippen LogP contribution is 2.20. The molecule has 0 unspecified atom stereocenters. The Labute approximate surface area is 196 Å². The largest absolute Gasteiger partial charge is 0.345 e. The molecule has 0 bridgehead atoms. The fourth-order valence-electron chi connectivity index (χ4n) is 4.27. The van der Waals surface area contributed by atoms with Crippen molar-refractivity contribution >= 4 is 41.2 Å². The van der Waals surface area contributed by atoms with Gasteiger partial charge in [0.15, 0.2) is 0 Å². The van der Waals surface area contributed by atoms with Crippen LogP contribution >= 0.6 is 0 Å². The molecule has 0 amide bonds. The average Bonchev–Trinajstić information content (AvgIpc) is 2.41. The number of hydrogen-bond acceptors (Lipinski definition) is 4. The molecule has 0 aliphatic heterocycles. The summed E-state index contributed by atoms with van der Waals surface area (Å²) < 4.78 is 8.68. The van der Waals surface area contributed by atoms with Crippen LogP contribution in [0.3, 0.4) is 0 Å². The molecule has 182 valence electrons. The number of rotatable bonds is 14. The van der Waals surface area contributed by atoms with Crippen LogP contribution in [-0.2, 0) is 0 Å². The Balaban J connectivity index is 5.19. The van der Waals surface area contributed by atoms with Gasteiger partial charge >= 0.3 is 0 Å². The minimum atomic E-state index is -1.34. The van der Waals surface area contributed by atoms with Gasteiger partial charge in [-0.05, 0) is 6.54 Å². The number of nitrogens with one attached hydrogen (secondary N) is 1. The van der Waals surface area contributed by atoms with E-state index in [9.17, 15) is 0 Å². The third-order valence-corrected chi connectivity index (χ3v) is 19.5. The first-order valence-electron chi connectivity index (χ1n) is 12.1. The lowest BCUT2D eigenvalue weighted by Gasteiger charge is -2.46. The van der Waals surface area contributed by atoms with Gasteiger partial charge in [-0.25, -0.2) is 0 Å². The first-order chi connectivity index (χ1) is 13.0. The predicted molar refractivity (Wildman–Crippen MR) is 155 cm³/mol. The highest BCUT2D eigenvalue weighted by Gasteiger charge is 2.35. The van der Waals surface area contributed by atoms with E-state index in [1.54, 1.807) is 0 Å². The molecule has 9 heteroatoms. The van der Waals surface area contributed by atoms with Crippen LogP contribution in [0.4, 0.5) is 0 Å². The molecule has 0 spiro atoms. The smallest absolute Gasteiger partial charge is 0.119 e. The summed E-state index contributed by atoms with van der Waals surface area (Å²) >= 11 is 0. The van der Waals surface area contributed by atoms with Crippen LogP contribution in [0.1, 0.15) is 0 Å². The van der Waals surface area contributed by atoms with Crippen LogP contribution in [0.5, 0.6) is 0 Å². The molecular formula is C21H58N4Si5. The Morgan fingerprint density at radius 2 is 0.767 bits per heavy atom. The normalized spacial score (nSPS) is 15.0. The second-order valence-corrected chi connectivity index (χ2v) is 39.0. The lowest BCUT2D eigenvalue weighted by Crippen LogP contribution is -2.62. The summed E-state index contributed by atoms with van der Waals surface area (Å²) in [4.78, 5) is 3.83. The molecule has 0 aromatic rings. The van der Waals surface area contributed by atoms with E-state index >= 15 is 0 Å². The van der Waals surface area contributed by atoms with Crippen LogP contribution < -0.4 is 4.98 Å². The Morgan fingerprint density at radius 1 is 0.433 bits per heavy atom. The summed E-state index contributed by atoms with van der Waals surface area (Å²) in [6, 6.07) is 0. The van der Waals surface area contributed by atoms with Crippen molar-refractivity contribution in [2.24, 2.45) is 0 Å². The molecule has 0 aliphatic carbocycles. The van der Waals surface area contributed by atoms with Gasteiger partial charge in [0.2, 0.25) is 0 Å². The van der Waals surface area contributed by atoms with Gasteiger partial charge in [-0.15, -0.1) is 0 Å². The molecular weight excluding hydrogens is 449 g/mol. The molecule has 0 saturated heterocycles. The Hall–Kier alpha value is 0.924. The monoisotopic (exact) mass is 506 g/mol. The Bertz CT molecular complexity index is 482. The van der Waals surface area contributed by atoms with E-state index in [0.29, 0.717) is 0 Å². The molecule has 1 N–H and O–H groups in total. The summed E-state index contributed by atoms with van der Waals surface area (Å²) in [7, 11) is -6.40. The fourth-order valence-corrected chi connectivity index (χ4v) is 17.8. The summed E-state index contributed by atoms with van der Waals surface area (Å²) in [6.07, 6.45) is 0. The van der Waals surface area contributed by atoms with Gasteiger partial charge in [0.05, 0.1) is 0 Å². The molecule has 4 nitrogen and oxygen atoms in total. The van der Waals surface area contributed by atoms with Gasteiger partial charge in [0.1, 0.15) is 41.2 Å². The van der Waals surface area contributed by atoms with Crippen molar-refractivity contribution in [3.63, 3.8) is 0 Å². The van der Waals surface area contributed by atoms with Crippen LogP contribution in [-0.4, -0.2) is 93.8 Å². The third kappa shape index (κ3) is 12.8. The summed E-state index contributed by atoms with van der Waals surface area (Å²) in [5.74, 6) is 0. The predicted octanol–water partition coefficient (Wildman–Crippen LogP) is 5.66. The highest BCUT2D eigenvalue weighted by atomic mass is 28.4. The first-order valence-corrected chi connectivity index (χ1v) is 29.4.